The van der Waals surface area contributed by atoms with Gasteiger partial charge in [0.05, 0.1) is 12.6 Å². The standard InChI is InChI=1S/C23H33N5O2S/c1-2-5-18-16-24-23(31-18)26-21-8-3-6-19(25-21)17-9-12-28(13-10-17)22(30)20-7-4-11-27(20)14-15-29/h3,6,8,16-17,20,29H,2,4-5,7,9-15H2,1H3,(H,24,25,26)/t20-/m0/s1. The molecule has 0 aromatic carbocycles. The quantitative estimate of drug-likeness (QED) is 0.651. The number of nitrogens with zero attached hydrogens (tertiary/aromatic N) is 4. The van der Waals surface area contributed by atoms with Crippen LogP contribution >= 0.6 is 11.3 Å². The molecule has 0 aliphatic carbocycles. The van der Waals surface area contributed by atoms with Gasteiger partial charge in [0.15, 0.2) is 5.13 Å². The smallest absolute Gasteiger partial charge is 0.239 e. The largest absolute Gasteiger partial charge is 0.395 e. The molecule has 0 radical (unpaired) electrons. The van der Waals surface area contributed by atoms with Gasteiger partial charge in [-0.25, -0.2) is 9.97 Å². The summed E-state index contributed by atoms with van der Waals surface area (Å²) in [6.45, 7) is 5.35. The van der Waals surface area contributed by atoms with Crippen molar-refractivity contribution >= 4 is 28.2 Å². The number of aryl methyl sites for hydroxylation is 1. The molecule has 31 heavy (non-hydrogen) atoms. The van der Waals surface area contributed by atoms with Crippen LogP contribution in [0.25, 0.3) is 0 Å². The molecule has 168 valence electrons. The number of carbonyl (C=O) groups excluding carboxylic acids is 1. The minimum atomic E-state index is -0.0507. The van der Waals surface area contributed by atoms with Gasteiger partial charge in [0.2, 0.25) is 5.91 Å². The van der Waals surface area contributed by atoms with Crippen molar-refractivity contribution in [2.45, 2.75) is 57.4 Å². The van der Waals surface area contributed by atoms with E-state index in [-0.39, 0.29) is 18.6 Å². The highest BCUT2D eigenvalue weighted by Gasteiger charge is 2.35. The van der Waals surface area contributed by atoms with E-state index in [1.54, 1.807) is 11.3 Å². The molecule has 4 heterocycles. The van der Waals surface area contributed by atoms with E-state index < -0.39 is 0 Å². The fourth-order valence-electron chi connectivity index (χ4n) is 4.69. The lowest BCUT2D eigenvalue weighted by molar-refractivity contribution is -0.137. The number of aliphatic hydroxyl groups is 1. The van der Waals surface area contributed by atoms with Gasteiger partial charge in [-0.1, -0.05) is 19.4 Å². The van der Waals surface area contributed by atoms with E-state index in [2.05, 4.69) is 28.2 Å². The van der Waals surface area contributed by atoms with Crippen LogP contribution in [0.15, 0.2) is 24.4 Å². The number of anilines is 2. The Morgan fingerprint density at radius 1 is 1.26 bits per heavy atom. The maximum absolute atomic E-state index is 13.0. The van der Waals surface area contributed by atoms with E-state index in [1.807, 2.05) is 23.2 Å². The molecule has 1 amide bonds. The number of hydrogen-bond acceptors (Lipinski definition) is 7. The number of β-amino-alcohol motifs (C(OH)–C–C–N with tert-alkyl or cyclic N) is 1. The zero-order valence-electron chi connectivity index (χ0n) is 18.3. The topological polar surface area (TPSA) is 81.6 Å². The van der Waals surface area contributed by atoms with Crippen LogP contribution in [0.2, 0.25) is 0 Å². The van der Waals surface area contributed by atoms with Gasteiger partial charge >= 0.3 is 0 Å². The summed E-state index contributed by atoms with van der Waals surface area (Å²) in [5.41, 5.74) is 1.09. The maximum Gasteiger partial charge on any atom is 0.239 e. The van der Waals surface area contributed by atoms with Crippen LogP contribution in [0.3, 0.4) is 0 Å². The SMILES string of the molecule is CCCc1cnc(Nc2cccc(C3CCN(C(=O)[C@@H]4CCCN4CCO)CC3)n2)s1. The number of carbonyl (C=O) groups is 1. The average Bonchev–Trinajstić information content (AvgIpc) is 3.44. The maximum atomic E-state index is 13.0. The molecule has 2 aromatic heterocycles. The molecule has 7 nitrogen and oxygen atoms in total. The summed E-state index contributed by atoms with van der Waals surface area (Å²) in [6, 6.07) is 6.08. The van der Waals surface area contributed by atoms with Crippen LogP contribution in [-0.4, -0.2) is 69.6 Å². The number of nitrogens with one attached hydrogen (secondary N) is 1. The number of pyridine rings is 1. The first-order valence-electron chi connectivity index (χ1n) is 11.5. The van der Waals surface area contributed by atoms with Gasteiger partial charge in [0.25, 0.3) is 0 Å². The molecule has 1 atom stereocenters. The molecule has 2 N–H and O–H groups in total. The van der Waals surface area contributed by atoms with Crippen LogP contribution in [-0.2, 0) is 11.2 Å². The Kier molecular flexibility index (Phi) is 7.53. The molecule has 0 saturated carbocycles. The molecule has 0 unspecified atom stereocenters. The second-order valence-corrected chi connectivity index (χ2v) is 9.59. The van der Waals surface area contributed by atoms with Gasteiger partial charge in [-0.3, -0.25) is 9.69 Å². The third-order valence-electron chi connectivity index (χ3n) is 6.32. The Hall–Kier alpha value is -2.03. The van der Waals surface area contributed by atoms with Crippen molar-refractivity contribution in [1.82, 2.24) is 19.8 Å². The molecular weight excluding hydrogens is 410 g/mol. The molecule has 0 spiro atoms. The number of likely N-dealkylation sites (tertiary alicyclic amines) is 2. The molecular formula is C23H33N5O2S. The van der Waals surface area contributed by atoms with E-state index in [4.69, 9.17) is 4.98 Å². The molecule has 2 fully saturated rings. The van der Waals surface area contributed by atoms with Crippen molar-refractivity contribution in [3.8, 4) is 0 Å². The van der Waals surface area contributed by atoms with Crippen LogP contribution in [0.5, 0.6) is 0 Å². The van der Waals surface area contributed by atoms with Crippen LogP contribution in [0, 0.1) is 0 Å². The predicted molar refractivity (Wildman–Crippen MR) is 124 cm³/mol. The first-order valence-corrected chi connectivity index (χ1v) is 12.3. The monoisotopic (exact) mass is 443 g/mol. The lowest BCUT2D eigenvalue weighted by Gasteiger charge is -2.35. The zero-order valence-corrected chi connectivity index (χ0v) is 19.1. The van der Waals surface area contributed by atoms with E-state index in [9.17, 15) is 9.90 Å². The highest BCUT2D eigenvalue weighted by Crippen LogP contribution is 2.30. The van der Waals surface area contributed by atoms with Gasteiger partial charge < -0.3 is 15.3 Å². The van der Waals surface area contributed by atoms with Crippen molar-refractivity contribution < 1.29 is 9.90 Å². The van der Waals surface area contributed by atoms with Crippen molar-refractivity contribution in [3.63, 3.8) is 0 Å². The number of aromatic nitrogens is 2. The Labute approximate surface area is 188 Å². The molecule has 2 aliphatic heterocycles. The van der Waals surface area contributed by atoms with Gasteiger partial charge in [-0.2, -0.15) is 0 Å². The average molecular weight is 444 g/mol. The van der Waals surface area contributed by atoms with E-state index in [1.165, 1.54) is 4.88 Å². The summed E-state index contributed by atoms with van der Waals surface area (Å²) in [5.74, 6) is 1.44. The van der Waals surface area contributed by atoms with E-state index in [0.717, 1.165) is 74.8 Å². The lowest BCUT2D eigenvalue weighted by Crippen LogP contribution is -2.48. The minimum Gasteiger partial charge on any atom is -0.395 e. The van der Waals surface area contributed by atoms with Crippen molar-refractivity contribution in [2.75, 3.05) is 38.1 Å². The Bertz CT molecular complexity index is 865. The van der Waals surface area contributed by atoms with Crippen molar-refractivity contribution in [2.24, 2.45) is 0 Å². The molecule has 2 aromatic rings. The fourth-order valence-corrected chi connectivity index (χ4v) is 5.61. The first kappa shape index (κ1) is 22.2. The van der Waals surface area contributed by atoms with Crippen LogP contribution < -0.4 is 5.32 Å². The van der Waals surface area contributed by atoms with Gasteiger partial charge in [-0.15, -0.1) is 11.3 Å². The fraction of sp³-hybridized carbons (Fsp3) is 0.609. The second kappa shape index (κ2) is 10.5. The van der Waals surface area contributed by atoms with Crippen molar-refractivity contribution in [3.05, 3.63) is 35.0 Å². The summed E-state index contributed by atoms with van der Waals surface area (Å²) < 4.78 is 0. The van der Waals surface area contributed by atoms with Gasteiger partial charge in [0.1, 0.15) is 5.82 Å². The highest BCUT2D eigenvalue weighted by atomic mass is 32.1. The van der Waals surface area contributed by atoms with Crippen LogP contribution in [0.4, 0.5) is 10.9 Å². The summed E-state index contributed by atoms with van der Waals surface area (Å²) in [6.07, 6.45) is 7.94. The number of amides is 1. The summed E-state index contributed by atoms with van der Waals surface area (Å²) in [4.78, 5) is 27.8. The minimum absolute atomic E-state index is 0.0507. The Balaban J connectivity index is 1.33. The summed E-state index contributed by atoms with van der Waals surface area (Å²) >= 11 is 1.69. The second-order valence-electron chi connectivity index (χ2n) is 8.47. The first-order chi connectivity index (χ1) is 15.2. The van der Waals surface area contributed by atoms with E-state index in [0.29, 0.717) is 12.5 Å². The number of aliphatic hydroxyl groups excluding tert-OH is 1. The normalized spacial score (nSPS) is 20.3. The lowest BCUT2D eigenvalue weighted by atomic mass is 9.92. The van der Waals surface area contributed by atoms with Gasteiger partial charge in [-0.05, 0) is 50.8 Å². The number of hydrogen-bond donors (Lipinski definition) is 2. The molecule has 2 aliphatic rings. The summed E-state index contributed by atoms with van der Waals surface area (Å²) in [5, 5.41) is 13.5. The van der Waals surface area contributed by atoms with Gasteiger partial charge in [0, 0.05) is 42.3 Å². The number of thiazole rings is 1. The number of rotatable bonds is 8. The molecule has 2 saturated heterocycles. The molecule has 0 bridgehead atoms. The van der Waals surface area contributed by atoms with Crippen LogP contribution in [0.1, 0.15) is 55.5 Å². The Morgan fingerprint density at radius 3 is 2.87 bits per heavy atom. The number of piperidine rings is 1. The third kappa shape index (κ3) is 5.42. The molecule has 8 heteroatoms. The highest BCUT2D eigenvalue weighted by molar-refractivity contribution is 7.15. The van der Waals surface area contributed by atoms with E-state index >= 15 is 0 Å². The predicted octanol–water partition coefficient (Wildman–Crippen LogP) is 3.40. The Morgan fingerprint density at radius 2 is 2.10 bits per heavy atom. The van der Waals surface area contributed by atoms with Crippen molar-refractivity contribution in [1.29, 1.82) is 0 Å². The zero-order chi connectivity index (χ0) is 21.6. The summed E-state index contributed by atoms with van der Waals surface area (Å²) in [7, 11) is 0. The molecule has 4 rings (SSSR count). The third-order valence-corrected chi connectivity index (χ3v) is 7.29.